The second kappa shape index (κ2) is 32.5. The van der Waals surface area contributed by atoms with Crippen LogP contribution >= 0.6 is 0 Å². The number of nitrogens with one attached hydrogen (secondary N) is 4. The van der Waals surface area contributed by atoms with Crippen LogP contribution in [0.25, 0.3) is 28.5 Å². The Bertz CT molecular complexity index is 5250. The second-order valence-electron chi connectivity index (χ2n) is 31.3. The minimum absolute atomic E-state index is 0.0247. The van der Waals surface area contributed by atoms with Gasteiger partial charge >= 0.3 is 0 Å². The van der Waals surface area contributed by atoms with Crippen molar-refractivity contribution in [2.45, 2.75) is 141 Å². The number of likely N-dealkylation sites (tertiary alicyclic amines) is 4. The number of pyridine rings is 2. The van der Waals surface area contributed by atoms with Gasteiger partial charge in [0, 0.05) is 92.6 Å². The molecular weight excluding hydrogens is 1450 g/mol. The molecule has 31 nitrogen and oxygen atoms in total. The quantitative estimate of drug-likeness (QED) is 0.0698. The number of hydrogen-bond donors (Lipinski definition) is 4. The van der Waals surface area contributed by atoms with Gasteiger partial charge in [-0.15, -0.1) is 4.80 Å². The van der Waals surface area contributed by atoms with Gasteiger partial charge in [0.05, 0.1) is 126 Å². The van der Waals surface area contributed by atoms with Gasteiger partial charge in [-0.05, 0) is 182 Å². The first-order valence-electron chi connectivity index (χ1n) is 39.3. The molecule has 12 aromatic rings. The number of amides is 4. The smallest absolute Gasteiger partial charge is 0.275 e. The fraction of sp³-hybridized carbons (Fsp3) is 0.357. The highest BCUT2D eigenvalue weighted by Gasteiger charge is 2.52. The Balaban J connectivity index is 0.000000111. The van der Waals surface area contributed by atoms with E-state index in [9.17, 15) is 19.2 Å². The summed E-state index contributed by atoms with van der Waals surface area (Å²) >= 11 is 0. The highest BCUT2D eigenvalue weighted by atomic mass is 16.2. The first-order chi connectivity index (χ1) is 56.0. The van der Waals surface area contributed by atoms with E-state index in [1.54, 1.807) is 92.8 Å². The summed E-state index contributed by atoms with van der Waals surface area (Å²) in [6.07, 6.45) is 33.8. The van der Waals surface area contributed by atoms with Gasteiger partial charge in [-0.1, -0.05) is 48.0 Å². The minimum Gasteiger partial charge on any atom is -0.365 e. The summed E-state index contributed by atoms with van der Waals surface area (Å²) in [4.78, 5) is 110. The lowest BCUT2D eigenvalue weighted by molar-refractivity contribution is 0.0680. The van der Waals surface area contributed by atoms with E-state index >= 15 is 0 Å². The van der Waals surface area contributed by atoms with Crippen LogP contribution in [0.15, 0.2) is 190 Å². The summed E-state index contributed by atoms with van der Waals surface area (Å²) < 4.78 is 0. The third-order valence-electron chi connectivity index (χ3n) is 23.1. The number of anilines is 4. The van der Waals surface area contributed by atoms with Crippen molar-refractivity contribution in [2.24, 2.45) is 23.7 Å². The first-order valence-corrected chi connectivity index (χ1v) is 39.3. The number of aromatic nitrogens is 19. The fourth-order valence-electron chi connectivity index (χ4n) is 18.0. The predicted octanol–water partition coefficient (Wildman–Crippen LogP) is 9.82. The van der Waals surface area contributed by atoms with Crippen LogP contribution < -0.4 is 21.3 Å². The monoisotopic (exact) mass is 1540 g/mol. The van der Waals surface area contributed by atoms with Gasteiger partial charge in [-0.3, -0.25) is 29.1 Å². The summed E-state index contributed by atoms with van der Waals surface area (Å²) in [5.41, 5.74) is 10.9. The molecule has 4 amide bonds. The summed E-state index contributed by atoms with van der Waals surface area (Å²) in [7, 11) is 0. The molecule has 115 heavy (non-hydrogen) atoms. The molecule has 12 unspecified atom stereocenters. The summed E-state index contributed by atoms with van der Waals surface area (Å²) in [5, 5.41) is 39.1. The van der Waals surface area contributed by atoms with Crippen molar-refractivity contribution < 1.29 is 19.2 Å². The molecule has 13 heterocycles. The average Bonchev–Trinajstić information content (AvgIpc) is 1.64. The molecule has 4 saturated carbocycles. The van der Waals surface area contributed by atoms with Crippen molar-refractivity contribution in [2.75, 3.05) is 47.4 Å². The van der Waals surface area contributed by atoms with Gasteiger partial charge in [0.25, 0.3) is 23.6 Å². The van der Waals surface area contributed by atoms with Gasteiger partial charge in [-0.25, -0.2) is 39.9 Å². The van der Waals surface area contributed by atoms with Crippen LogP contribution in [-0.2, 0) is 0 Å². The molecule has 31 heteroatoms. The van der Waals surface area contributed by atoms with E-state index in [-0.39, 0.29) is 72.0 Å². The molecule has 0 radical (unpaired) electrons. The molecule has 8 bridgehead atoms. The SMILES string of the molecule is Cc1ccc(NC2CC3CC2N(C(=O)c2cc(C)ccc2-c2ncccn2)C3)nc1.Cc1cnc(NC2CC3CC2N(C(=O)c2ccccc2-n2nccn2)C3)cn1.Cc1cnc(NC2CC3CC2N(C(=O)c2ccccc2-n2nccn2)C3)nc1.Cc1cnc(NC2CC3CC2N(C(=O)c2nc(C)ccc2-n2nccn2)C3)cn1. The highest BCUT2D eigenvalue weighted by Crippen LogP contribution is 2.45. The van der Waals surface area contributed by atoms with E-state index < -0.39 is 0 Å². The number of aryl methyl sites for hydroxylation is 6. The number of nitrogens with zero attached hydrogens (tertiary/aromatic N) is 23. The van der Waals surface area contributed by atoms with Gasteiger partial charge in [0.1, 0.15) is 23.1 Å². The molecule has 9 aromatic heterocycles. The fourth-order valence-corrected chi connectivity index (χ4v) is 18.0. The molecule has 3 aromatic carbocycles. The van der Waals surface area contributed by atoms with Crippen LogP contribution in [0.1, 0.15) is 127 Å². The lowest BCUT2D eigenvalue weighted by atomic mass is 10.00. The molecule has 4 aliphatic carbocycles. The Morgan fingerprint density at radius 1 is 0.330 bits per heavy atom. The topological polar surface area (TPSA) is 350 Å². The van der Waals surface area contributed by atoms with Gasteiger partial charge in [0.2, 0.25) is 5.95 Å². The third-order valence-corrected chi connectivity index (χ3v) is 23.1. The standard InChI is InChI=1S/C24H25N5O.C20H22N8O.2C20H21N7O/c1-15-4-6-18(23-25-8-3-9-26-23)19(10-15)24(30)29-14-17-11-20(21(29)12-17)28-22-7-5-16(2)13-27-22;1-12-3-4-16(28-23-5-6-24-28)19(25-12)20(29)27-11-14-7-15(17(27)8-14)26-18-10-21-13(2)9-22-18;1-13-10-22-19(11-21-13)25-16-8-14-9-18(16)26(12-14)20(28)15-4-2-3-5-17(15)27-23-6-7-24-27;1-13-10-21-20(22-11-13)25-16-8-14-9-18(16)26(12-14)19(28)15-4-2-3-5-17(15)27-23-6-7-24-27/h3-10,13,17,20-21H,11-12,14H2,1-2H3,(H,27,28);3-6,9-10,14-15,17H,7-8,11H2,1-2H3,(H,22,26);2-7,10-11,14,16,18H,8-9,12H2,1H3,(H,22,25);2-7,10-11,14,16,18H,8-9,12H2,1H3,(H,21,22,25). The van der Waals surface area contributed by atoms with Gasteiger partial charge in [-0.2, -0.15) is 40.2 Å². The molecule has 4 N–H and O–H groups in total. The molecule has 584 valence electrons. The molecule has 0 spiro atoms. The van der Waals surface area contributed by atoms with E-state index in [1.165, 1.54) is 14.4 Å². The van der Waals surface area contributed by atoms with E-state index in [2.05, 4.69) is 108 Å². The Hall–Kier alpha value is -13.2. The van der Waals surface area contributed by atoms with Gasteiger partial charge in [0.15, 0.2) is 11.5 Å². The van der Waals surface area contributed by atoms with Crippen LogP contribution in [0.4, 0.5) is 23.4 Å². The van der Waals surface area contributed by atoms with Crippen LogP contribution in [-0.4, -0.2) is 213 Å². The molecule has 4 aliphatic heterocycles. The predicted molar refractivity (Wildman–Crippen MR) is 428 cm³/mol. The Morgan fingerprint density at radius 2 is 0.748 bits per heavy atom. The molecule has 20 rings (SSSR count). The maximum Gasteiger partial charge on any atom is 0.275 e. The molecule has 12 atom stereocenters. The normalized spacial score (nSPS) is 22.9. The maximum absolute atomic E-state index is 13.7. The Labute approximate surface area is 664 Å². The number of rotatable bonds is 16. The van der Waals surface area contributed by atoms with E-state index in [4.69, 9.17) is 0 Å². The molecule has 8 fully saturated rings. The van der Waals surface area contributed by atoms with Crippen molar-refractivity contribution in [3.63, 3.8) is 0 Å². The summed E-state index contributed by atoms with van der Waals surface area (Å²) in [6.45, 7) is 14.9. The molecule has 4 saturated heterocycles. The zero-order valence-corrected chi connectivity index (χ0v) is 64.7. The van der Waals surface area contributed by atoms with Gasteiger partial charge < -0.3 is 40.9 Å². The van der Waals surface area contributed by atoms with Crippen LogP contribution in [0, 0.1) is 65.2 Å². The number of carbonyl (C=O) groups excluding carboxylic acids is 4. The second-order valence-corrected chi connectivity index (χ2v) is 31.3. The lowest BCUT2D eigenvalue weighted by Crippen LogP contribution is -2.48. The number of piperidine rings is 4. The molecular formula is C84H89N27O4. The number of para-hydroxylation sites is 2. The number of fused-ring (bicyclic) bond motifs is 8. The summed E-state index contributed by atoms with van der Waals surface area (Å²) in [6, 6.07) is 31.8. The van der Waals surface area contributed by atoms with Crippen LogP contribution in [0.3, 0.4) is 0 Å². The minimum atomic E-state index is -0.0741. The zero-order valence-electron chi connectivity index (χ0n) is 64.7. The largest absolute Gasteiger partial charge is 0.365 e. The first kappa shape index (κ1) is 74.5. The number of benzene rings is 3. The van der Waals surface area contributed by atoms with Crippen molar-refractivity contribution in [3.8, 4) is 28.5 Å². The maximum atomic E-state index is 13.7. The van der Waals surface area contributed by atoms with Crippen molar-refractivity contribution in [1.29, 1.82) is 0 Å². The van der Waals surface area contributed by atoms with E-state index in [0.717, 1.165) is 134 Å². The van der Waals surface area contributed by atoms with Crippen LogP contribution in [0.5, 0.6) is 0 Å². The summed E-state index contributed by atoms with van der Waals surface area (Å²) in [5.74, 6) is 5.67. The highest BCUT2D eigenvalue weighted by molar-refractivity contribution is 6.01. The van der Waals surface area contributed by atoms with E-state index in [0.29, 0.717) is 74.9 Å². The number of hydrogen-bond acceptors (Lipinski definition) is 24. The number of carbonyl (C=O) groups is 4. The van der Waals surface area contributed by atoms with Crippen molar-refractivity contribution >= 4 is 47.0 Å². The Morgan fingerprint density at radius 3 is 1.20 bits per heavy atom. The third kappa shape index (κ3) is 16.0. The van der Waals surface area contributed by atoms with Crippen LogP contribution in [0.2, 0.25) is 0 Å². The van der Waals surface area contributed by atoms with Crippen molar-refractivity contribution in [1.82, 2.24) is 114 Å². The van der Waals surface area contributed by atoms with E-state index in [1.807, 2.05) is 152 Å². The zero-order chi connectivity index (χ0) is 78.8. The molecule has 8 aliphatic rings. The average molecular weight is 1540 g/mol. The van der Waals surface area contributed by atoms with Crippen molar-refractivity contribution in [3.05, 3.63) is 246 Å². The Kier molecular flexibility index (Phi) is 21.0. The lowest BCUT2D eigenvalue weighted by Gasteiger charge is -2.34.